The third-order valence-electron chi connectivity index (χ3n) is 0.660. The molecule has 1 N–H and O–H groups in total. The lowest BCUT2D eigenvalue weighted by atomic mass is 10.8. The van der Waals surface area contributed by atoms with Crippen molar-refractivity contribution in [2.24, 2.45) is 0 Å². The monoisotopic (exact) mass is 184 g/mol. The minimum atomic E-state index is -0.521. The maximum absolute atomic E-state index is 10.6. The quantitative estimate of drug-likeness (QED) is 0.344. The van der Waals surface area contributed by atoms with Crippen LogP contribution in [-0.4, -0.2) is 15.5 Å². The second-order valence-electron chi connectivity index (χ2n) is 1.22. The maximum Gasteiger partial charge on any atom is 0.266 e. The van der Waals surface area contributed by atoms with Crippen LogP contribution in [0, 0.1) is 5.21 Å². The molecule has 0 aromatic carbocycles. The zero-order valence-electron chi connectivity index (χ0n) is 3.56. The second kappa shape index (κ2) is 1.91. The summed E-state index contributed by atoms with van der Waals surface area (Å²) in [6, 6.07) is 0. The van der Waals surface area contributed by atoms with E-state index in [4.69, 9.17) is 0 Å². The lowest BCUT2D eigenvalue weighted by Gasteiger charge is -2.22. The van der Waals surface area contributed by atoms with Gasteiger partial charge in [-0.2, -0.15) is 3.19 Å². The molecule has 1 rings (SSSR count). The van der Waals surface area contributed by atoms with Crippen molar-refractivity contribution in [2.75, 3.05) is 12.3 Å². The van der Waals surface area contributed by atoms with Crippen LogP contribution in [0.25, 0.3) is 0 Å². The summed E-state index contributed by atoms with van der Waals surface area (Å²) < 4.78 is -0.521. The van der Waals surface area contributed by atoms with Gasteiger partial charge < -0.3 is 5.21 Å². The summed E-state index contributed by atoms with van der Waals surface area (Å²) in [5, 5.41) is 10.6. The Morgan fingerprint density at radius 3 is 2.71 bits per heavy atom. The van der Waals surface area contributed by atoms with Crippen molar-refractivity contribution in [3.8, 4) is 0 Å². The van der Waals surface area contributed by atoms with E-state index >= 15 is 0 Å². The third-order valence-corrected chi connectivity index (χ3v) is 2.37. The minimum Gasteiger partial charge on any atom is -0.589 e. The van der Waals surface area contributed by atoms with Crippen LogP contribution in [0.4, 0.5) is 0 Å². The van der Waals surface area contributed by atoms with Crippen molar-refractivity contribution in [1.29, 1.82) is 0 Å². The summed E-state index contributed by atoms with van der Waals surface area (Å²) in [5.41, 5.74) is 2.66. The Labute approximate surface area is 54.7 Å². The van der Waals surface area contributed by atoms with E-state index in [9.17, 15) is 5.21 Å². The molecule has 5 heteroatoms. The fourth-order valence-electron chi connectivity index (χ4n) is 0.388. The minimum absolute atomic E-state index is 0.521. The largest absolute Gasteiger partial charge is 0.589 e. The fourth-order valence-corrected chi connectivity index (χ4v) is 1.60. The average Bonchev–Trinajstić information content (AvgIpc) is 1.84. The van der Waals surface area contributed by atoms with Gasteiger partial charge in [0.15, 0.2) is 0 Å². The van der Waals surface area contributed by atoms with Gasteiger partial charge >= 0.3 is 0 Å². The molecular weight excluding hydrogens is 180 g/mol. The molecule has 0 aromatic rings. The van der Waals surface area contributed by atoms with E-state index in [0.717, 1.165) is 12.3 Å². The van der Waals surface area contributed by atoms with Crippen LogP contribution in [0.15, 0.2) is 0 Å². The van der Waals surface area contributed by atoms with Crippen LogP contribution < -0.4 is 5.43 Å². The first-order chi connectivity index (χ1) is 3.21. The maximum atomic E-state index is 10.6. The van der Waals surface area contributed by atoms with Crippen LogP contribution in [0.3, 0.4) is 0 Å². The van der Waals surface area contributed by atoms with Crippen LogP contribution in [-0.2, 0) is 0 Å². The number of quaternary nitrogens is 1. The third kappa shape index (κ3) is 1.58. The van der Waals surface area contributed by atoms with Crippen LogP contribution in [0.2, 0.25) is 0 Å². The molecule has 1 aliphatic heterocycles. The predicted molar refractivity (Wildman–Crippen MR) is 33.0 cm³/mol. The number of nitrogens with one attached hydrogen (secondary N) is 1. The Morgan fingerprint density at radius 1 is 1.86 bits per heavy atom. The molecule has 0 aromatic heterocycles. The van der Waals surface area contributed by atoms with Gasteiger partial charge in [-0.3, -0.25) is 0 Å². The summed E-state index contributed by atoms with van der Waals surface area (Å²) in [7, 11) is 0. The Balaban J connectivity index is 2.40. The molecule has 0 saturated carbocycles. The summed E-state index contributed by atoms with van der Waals surface area (Å²) in [6.45, 7) is 0.791. The Hall–Kier alpha value is 0.710. The van der Waals surface area contributed by atoms with E-state index in [1.165, 1.54) is 11.9 Å². The Morgan fingerprint density at radius 2 is 2.57 bits per heavy atom. The van der Waals surface area contributed by atoms with E-state index in [0.29, 0.717) is 0 Å². The molecule has 0 aliphatic carbocycles. The van der Waals surface area contributed by atoms with E-state index in [1.807, 2.05) is 0 Å². The highest BCUT2D eigenvalue weighted by Crippen LogP contribution is 2.27. The van der Waals surface area contributed by atoms with Gasteiger partial charge in [0.2, 0.25) is 0 Å². The van der Waals surface area contributed by atoms with Crippen LogP contribution in [0.1, 0.15) is 0 Å². The van der Waals surface area contributed by atoms with E-state index in [2.05, 4.69) is 21.6 Å². The summed E-state index contributed by atoms with van der Waals surface area (Å²) in [5.74, 6) is 0.884. The van der Waals surface area contributed by atoms with Gasteiger partial charge in [0.05, 0.1) is 12.3 Å². The number of hydrogen-bond donors (Lipinski definition) is 1. The van der Waals surface area contributed by atoms with Gasteiger partial charge in [0.1, 0.15) is 11.9 Å². The lowest BCUT2D eigenvalue weighted by Crippen LogP contribution is -2.31. The molecule has 7 heavy (non-hydrogen) atoms. The van der Waals surface area contributed by atoms with Gasteiger partial charge in [-0.15, -0.1) is 5.43 Å². The fraction of sp³-hybridized carbons (Fsp3) is 1.00. The zero-order valence-corrected chi connectivity index (χ0v) is 5.96. The first kappa shape index (κ1) is 5.84. The van der Waals surface area contributed by atoms with E-state index < -0.39 is 3.19 Å². The molecule has 0 spiro atoms. The molecule has 1 heterocycles. The summed E-state index contributed by atoms with van der Waals surface area (Å²) in [6.07, 6.45) is 0. The molecule has 3 nitrogen and oxygen atoms in total. The second-order valence-corrected chi connectivity index (χ2v) is 3.87. The molecule has 0 radical (unpaired) electrons. The van der Waals surface area contributed by atoms with Gasteiger partial charge in [-0.05, 0) is 0 Å². The normalized spacial score (nSPS) is 42.0. The number of halogens is 1. The van der Waals surface area contributed by atoms with Crippen molar-refractivity contribution >= 4 is 28.1 Å². The van der Waals surface area contributed by atoms with E-state index in [-0.39, 0.29) is 0 Å². The zero-order chi connectivity index (χ0) is 5.33. The standard InChI is InChI=1S/C2H5BrN2OS/c3-5(6)4-1-2-7-5/h4H,1-2H2. The topological polar surface area (TPSA) is 35.1 Å². The highest BCUT2D eigenvalue weighted by molar-refractivity contribution is 9.06. The molecule has 1 unspecified atom stereocenters. The van der Waals surface area contributed by atoms with Crippen molar-refractivity contribution in [1.82, 2.24) is 5.43 Å². The summed E-state index contributed by atoms with van der Waals surface area (Å²) in [4.78, 5) is 0. The van der Waals surface area contributed by atoms with Gasteiger partial charge in [-0.1, -0.05) is 0 Å². The smallest absolute Gasteiger partial charge is 0.266 e. The molecular formula is C2H5BrN2OS. The molecule has 1 fully saturated rings. The van der Waals surface area contributed by atoms with Crippen LogP contribution in [0.5, 0.6) is 0 Å². The number of hydrogen-bond acceptors (Lipinski definition) is 3. The number of nitrogens with zero attached hydrogens (tertiary/aromatic N) is 1. The summed E-state index contributed by atoms with van der Waals surface area (Å²) >= 11 is 4.16. The van der Waals surface area contributed by atoms with Crippen molar-refractivity contribution in [3.63, 3.8) is 0 Å². The van der Waals surface area contributed by atoms with E-state index in [1.54, 1.807) is 0 Å². The van der Waals surface area contributed by atoms with Crippen molar-refractivity contribution < 1.29 is 3.19 Å². The van der Waals surface area contributed by atoms with Gasteiger partial charge in [0, 0.05) is 0 Å². The van der Waals surface area contributed by atoms with Crippen LogP contribution >= 0.6 is 28.1 Å². The molecule has 1 atom stereocenters. The van der Waals surface area contributed by atoms with Crippen molar-refractivity contribution in [3.05, 3.63) is 5.21 Å². The van der Waals surface area contributed by atoms with Crippen molar-refractivity contribution in [2.45, 2.75) is 0 Å². The highest BCUT2D eigenvalue weighted by Gasteiger charge is 2.21. The average molecular weight is 185 g/mol. The molecule has 0 bridgehead atoms. The lowest BCUT2D eigenvalue weighted by molar-refractivity contribution is -0.618. The molecule has 1 aliphatic rings. The van der Waals surface area contributed by atoms with Gasteiger partial charge in [0.25, 0.3) is 16.1 Å². The molecule has 0 amide bonds. The molecule has 42 valence electrons. The molecule has 1 saturated heterocycles. The first-order valence-electron chi connectivity index (χ1n) is 1.90. The number of rotatable bonds is 0. The Kier molecular flexibility index (Phi) is 1.59. The Bertz CT molecular complexity index is 70.1. The highest BCUT2D eigenvalue weighted by atomic mass is 79.9. The predicted octanol–water partition coefficient (Wildman–Crippen LogP) is 0.777. The first-order valence-corrected chi connectivity index (χ1v) is 3.55. The SMILES string of the molecule is [O-][N+]1(Br)NCCS1. The van der Waals surface area contributed by atoms with Gasteiger partial charge in [-0.25, -0.2) is 0 Å².